The van der Waals surface area contributed by atoms with Crippen molar-refractivity contribution in [3.8, 4) is 5.75 Å². The quantitative estimate of drug-likeness (QED) is 0.338. The van der Waals surface area contributed by atoms with Gasteiger partial charge in [0.25, 0.3) is 5.91 Å². The molecule has 2 aliphatic rings. The molecule has 39 heavy (non-hydrogen) atoms. The van der Waals surface area contributed by atoms with Crippen molar-refractivity contribution >= 4 is 52.2 Å². The molecule has 1 fully saturated rings. The maximum Gasteiger partial charge on any atom is 0.305 e. The standard InChI is InChI=1S/C28H20FN3O5S2/c29-16-8-10-17(11-9-16)30-20(33)14-37-19-12-6-15(7-13-19)21-22-24(38-25-23(21)39-28(36)31-25)27(35)32(26(22)34)18-4-2-1-3-5-18/h1-13,21-22,24H,14H2,(H,30,33)(H,31,36)/t21-,22?,24?/m1/s1. The summed E-state index contributed by atoms with van der Waals surface area (Å²) in [6, 6.07) is 21.1. The van der Waals surface area contributed by atoms with Gasteiger partial charge in [0, 0.05) is 16.5 Å². The third-order valence-electron chi connectivity index (χ3n) is 6.58. The predicted octanol–water partition coefficient (Wildman–Crippen LogP) is 4.39. The summed E-state index contributed by atoms with van der Waals surface area (Å²) in [6.45, 7) is -0.260. The molecule has 2 unspecified atom stereocenters. The number of hydrogen-bond acceptors (Lipinski definition) is 7. The number of carbonyl (C=O) groups excluding carboxylic acids is 3. The molecule has 8 nitrogen and oxygen atoms in total. The fraction of sp³-hybridized carbons (Fsp3) is 0.143. The van der Waals surface area contributed by atoms with E-state index in [4.69, 9.17) is 4.74 Å². The van der Waals surface area contributed by atoms with Crippen molar-refractivity contribution in [2.75, 3.05) is 16.8 Å². The van der Waals surface area contributed by atoms with Gasteiger partial charge in [-0.25, -0.2) is 9.29 Å². The SMILES string of the molecule is O=C(COc1ccc([C@H]2c3sc(=O)[nH]c3SC3C(=O)N(c4ccccc4)C(=O)C32)cc1)Nc1ccc(F)cc1. The lowest BCUT2D eigenvalue weighted by molar-refractivity contribution is -0.122. The molecular weight excluding hydrogens is 541 g/mol. The molecule has 0 aliphatic carbocycles. The topological polar surface area (TPSA) is 109 Å². The number of thioether (sulfide) groups is 1. The molecule has 3 heterocycles. The molecule has 0 spiro atoms. The number of halogens is 1. The number of nitrogens with zero attached hydrogens (tertiary/aromatic N) is 1. The van der Waals surface area contributed by atoms with E-state index in [9.17, 15) is 23.6 Å². The third kappa shape index (κ3) is 4.75. The second-order valence-corrected chi connectivity index (χ2v) is 11.2. The minimum absolute atomic E-state index is 0.246. The average Bonchev–Trinajstić information content (AvgIpc) is 3.43. The van der Waals surface area contributed by atoms with Crippen LogP contribution >= 0.6 is 23.1 Å². The summed E-state index contributed by atoms with van der Waals surface area (Å²) in [5, 5.41) is 2.56. The van der Waals surface area contributed by atoms with Gasteiger partial charge in [-0.1, -0.05) is 53.4 Å². The van der Waals surface area contributed by atoms with E-state index in [2.05, 4.69) is 10.3 Å². The summed E-state index contributed by atoms with van der Waals surface area (Å²) in [5.41, 5.74) is 1.72. The second kappa shape index (κ2) is 10.2. The van der Waals surface area contributed by atoms with Crippen molar-refractivity contribution in [2.45, 2.75) is 16.2 Å². The summed E-state index contributed by atoms with van der Waals surface area (Å²) in [5.74, 6) is -2.18. The van der Waals surface area contributed by atoms with Crippen LogP contribution in [0.5, 0.6) is 5.75 Å². The van der Waals surface area contributed by atoms with Crippen LogP contribution in [0.15, 0.2) is 88.7 Å². The highest BCUT2D eigenvalue weighted by molar-refractivity contribution is 8.00. The Hall–Kier alpha value is -4.22. The van der Waals surface area contributed by atoms with Crippen molar-refractivity contribution in [3.63, 3.8) is 0 Å². The van der Waals surface area contributed by atoms with Crippen LogP contribution in [0, 0.1) is 11.7 Å². The minimum atomic E-state index is -0.685. The number of hydrogen-bond donors (Lipinski definition) is 2. The van der Waals surface area contributed by atoms with E-state index in [-0.39, 0.29) is 23.3 Å². The number of thiazole rings is 1. The number of nitrogens with one attached hydrogen (secondary N) is 2. The first-order valence-electron chi connectivity index (χ1n) is 12.0. The van der Waals surface area contributed by atoms with Crippen LogP contribution in [-0.2, 0) is 14.4 Å². The van der Waals surface area contributed by atoms with E-state index in [1.54, 1.807) is 48.5 Å². The molecule has 11 heteroatoms. The Morgan fingerprint density at radius 3 is 2.38 bits per heavy atom. The van der Waals surface area contributed by atoms with E-state index < -0.39 is 28.8 Å². The monoisotopic (exact) mass is 561 g/mol. The van der Waals surface area contributed by atoms with Crippen LogP contribution in [0.4, 0.5) is 15.8 Å². The average molecular weight is 562 g/mol. The fourth-order valence-corrected chi connectivity index (χ4v) is 7.37. The Balaban J connectivity index is 1.24. The zero-order chi connectivity index (χ0) is 27.1. The highest BCUT2D eigenvalue weighted by Crippen LogP contribution is 2.53. The Morgan fingerprint density at radius 1 is 0.949 bits per heavy atom. The summed E-state index contributed by atoms with van der Waals surface area (Å²) < 4.78 is 18.7. The van der Waals surface area contributed by atoms with Crippen molar-refractivity contribution in [2.24, 2.45) is 5.92 Å². The number of amides is 3. The van der Waals surface area contributed by atoms with Crippen LogP contribution in [0.2, 0.25) is 0 Å². The molecular formula is C28H20FN3O5S2. The second-order valence-electron chi connectivity index (χ2n) is 9.01. The summed E-state index contributed by atoms with van der Waals surface area (Å²) in [7, 11) is 0. The fourth-order valence-electron chi connectivity index (χ4n) is 4.86. The molecule has 6 rings (SSSR count). The smallest absolute Gasteiger partial charge is 0.305 e. The zero-order valence-corrected chi connectivity index (χ0v) is 21.8. The van der Waals surface area contributed by atoms with Crippen LogP contribution < -0.4 is 19.8 Å². The lowest BCUT2D eigenvalue weighted by atomic mass is 9.83. The lowest BCUT2D eigenvalue weighted by Gasteiger charge is -2.29. The van der Waals surface area contributed by atoms with Crippen LogP contribution in [0.25, 0.3) is 0 Å². The van der Waals surface area contributed by atoms with Crippen LogP contribution in [0.3, 0.4) is 0 Å². The Kier molecular flexibility index (Phi) is 6.53. The summed E-state index contributed by atoms with van der Waals surface area (Å²) in [6.07, 6.45) is 0. The molecule has 1 aromatic heterocycles. The number of rotatable bonds is 6. The number of carbonyl (C=O) groups is 3. The lowest BCUT2D eigenvalue weighted by Crippen LogP contribution is -2.32. The predicted molar refractivity (Wildman–Crippen MR) is 146 cm³/mol. The largest absolute Gasteiger partial charge is 0.484 e. The molecule has 3 amide bonds. The van der Waals surface area contributed by atoms with E-state index in [0.29, 0.717) is 22.2 Å². The first-order valence-corrected chi connectivity index (χ1v) is 13.7. The van der Waals surface area contributed by atoms with Gasteiger partial charge in [0.15, 0.2) is 6.61 Å². The van der Waals surface area contributed by atoms with Crippen molar-refractivity contribution in [1.82, 2.24) is 4.98 Å². The third-order valence-corrected chi connectivity index (χ3v) is 8.98. The first-order chi connectivity index (χ1) is 18.9. The number of benzene rings is 3. The molecule has 3 aromatic carbocycles. The summed E-state index contributed by atoms with van der Waals surface area (Å²) >= 11 is 2.27. The molecule has 4 aromatic rings. The van der Waals surface area contributed by atoms with Crippen LogP contribution in [-0.4, -0.2) is 34.6 Å². The number of para-hydroxylation sites is 1. The highest BCUT2D eigenvalue weighted by Gasteiger charge is 2.56. The van der Waals surface area contributed by atoms with E-state index in [1.165, 1.54) is 40.9 Å². The zero-order valence-electron chi connectivity index (χ0n) is 20.1. The van der Waals surface area contributed by atoms with Crippen molar-refractivity contribution in [3.05, 3.63) is 105 Å². The van der Waals surface area contributed by atoms with Crippen LogP contribution in [0.1, 0.15) is 16.4 Å². The molecule has 0 bridgehead atoms. The highest BCUT2D eigenvalue weighted by atomic mass is 32.2. The Bertz CT molecular complexity index is 1620. The number of H-pyrrole nitrogens is 1. The van der Waals surface area contributed by atoms with Crippen molar-refractivity contribution in [1.29, 1.82) is 0 Å². The molecule has 1 saturated heterocycles. The maximum atomic E-state index is 13.7. The van der Waals surface area contributed by atoms with Gasteiger partial charge in [-0.2, -0.15) is 0 Å². The van der Waals surface area contributed by atoms with Gasteiger partial charge >= 0.3 is 4.87 Å². The molecule has 0 radical (unpaired) electrons. The van der Waals surface area contributed by atoms with E-state index >= 15 is 0 Å². The van der Waals surface area contributed by atoms with Gasteiger partial charge < -0.3 is 15.0 Å². The molecule has 2 N–H and O–H groups in total. The van der Waals surface area contributed by atoms with Gasteiger partial charge in [-0.3, -0.25) is 19.2 Å². The normalized spacial score (nSPS) is 19.9. The van der Waals surface area contributed by atoms with E-state index in [1.807, 2.05) is 6.07 Å². The first kappa shape index (κ1) is 25.1. The number of anilines is 2. The van der Waals surface area contributed by atoms with Gasteiger partial charge in [0.2, 0.25) is 11.8 Å². The Morgan fingerprint density at radius 2 is 1.67 bits per heavy atom. The molecule has 3 atom stereocenters. The maximum absolute atomic E-state index is 13.7. The molecule has 196 valence electrons. The van der Waals surface area contributed by atoms with Gasteiger partial charge in [0.05, 0.1) is 16.6 Å². The molecule has 0 saturated carbocycles. The number of aromatic nitrogens is 1. The van der Waals surface area contributed by atoms with Crippen molar-refractivity contribution < 1.29 is 23.5 Å². The van der Waals surface area contributed by atoms with E-state index in [0.717, 1.165) is 21.8 Å². The Labute approximate surface area is 229 Å². The minimum Gasteiger partial charge on any atom is -0.484 e. The van der Waals surface area contributed by atoms with Gasteiger partial charge in [-0.15, -0.1) is 0 Å². The van der Waals surface area contributed by atoms with Gasteiger partial charge in [0.1, 0.15) is 16.8 Å². The molecule has 2 aliphatic heterocycles. The number of fused-ring (bicyclic) bond motifs is 2. The van der Waals surface area contributed by atoms with Gasteiger partial charge in [-0.05, 0) is 54.1 Å². The number of ether oxygens (including phenoxy) is 1. The number of imide groups is 1. The summed E-state index contributed by atoms with van der Waals surface area (Å²) in [4.78, 5) is 56.1. The number of aromatic amines is 1.